The molecule has 0 spiro atoms. The van der Waals surface area contributed by atoms with E-state index in [-0.39, 0.29) is 0 Å². The first kappa shape index (κ1) is 9.52. The predicted octanol–water partition coefficient (Wildman–Crippen LogP) is 2.63. The number of nitrogens with two attached hydrogens (primary N) is 1. The van der Waals surface area contributed by atoms with Gasteiger partial charge in [0, 0.05) is 0 Å². The lowest BCUT2D eigenvalue weighted by Crippen LogP contribution is -1.91. The van der Waals surface area contributed by atoms with Crippen molar-refractivity contribution in [2.24, 2.45) is 0 Å². The molecular weight excluding hydrogens is 168 g/mol. The molecule has 0 atom stereocenters. The molecular formula is C9H16N2S. The molecule has 0 aliphatic rings. The molecule has 0 radical (unpaired) electrons. The first-order valence-electron chi connectivity index (χ1n) is 4.52. The van der Waals surface area contributed by atoms with Crippen LogP contribution in [0.15, 0.2) is 0 Å². The van der Waals surface area contributed by atoms with Gasteiger partial charge in [-0.15, -0.1) is 11.3 Å². The van der Waals surface area contributed by atoms with E-state index in [1.165, 1.54) is 17.8 Å². The summed E-state index contributed by atoms with van der Waals surface area (Å²) in [6.45, 7) is 4.30. The summed E-state index contributed by atoms with van der Waals surface area (Å²) in [5.74, 6) is 0. The summed E-state index contributed by atoms with van der Waals surface area (Å²) in [7, 11) is 0. The van der Waals surface area contributed by atoms with Crippen LogP contribution in [0.4, 0.5) is 5.00 Å². The maximum absolute atomic E-state index is 5.81. The van der Waals surface area contributed by atoms with E-state index in [4.69, 9.17) is 5.73 Å². The average molecular weight is 184 g/mol. The van der Waals surface area contributed by atoms with Crippen LogP contribution in [0.25, 0.3) is 0 Å². The van der Waals surface area contributed by atoms with E-state index in [1.807, 2.05) is 0 Å². The molecule has 0 fully saturated rings. The fourth-order valence-corrected chi connectivity index (χ4v) is 1.91. The van der Waals surface area contributed by atoms with Crippen molar-refractivity contribution in [1.82, 2.24) is 4.98 Å². The van der Waals surface area contributed by atoms with E-state index in [1.54, 1.807) is 11.3 Å². The van der Waals surface area contributed by atoms with Gasteiger partial charge in [0.2, 0.25) is 0 Å². The molecule has 3 heteroatoms. The van der Waals surface area contributed by atoms with Gasteiger partial charge in [0.1, 0.15) is 5.00 Å². The summed E-state index contributed by atoms with van der Waals surface area (Å²) >= 11 is 1.63. The summed E-state index contributed by atoms with van der Waals surface area (Å²) < 4.78 is 0. The molecule has 0 aliphatic heterocycles. The maximum atomic E-state index is 5.81. The van der Waals surface area contributed by atoms with Gasteiger partial charge >= 0.3 is 0 Å². The molecule has 2 nitrogen and oxygen atoms in total. The van der Waals surface area contributed by atoms with Crippen LogP contribution in [-0.4, -0.2) is 4.98 Å². The van der Waals surface area contributed by atoms with Crippen LogP contribution >= 0.6 is 11.3 Å². The van der Waals surface area contributed by atoms with Gasteiger partial charge in [0.05, 0.1) is 10.7 Å². The zero-order valence-corrected chi connectivity index (χ0v) is 8.58. The number of aromatic nitrogens is 1. The van der Waals surface area contributed by atoms with Gasteiger partial charge in [-0.25, -0.2) is 4.98 Å². The Hall–Kier alpha value is -0.570. The predicted molar refractivity (Wildman–Crippen MR) is 54.5 cm³/mol. The number of hydrogen-bond donors (Lipinski definition) is 1. The molecule has 1 aromatic rings. The molecule has 68 valence electrons. The Bertz CT molecular complexity index is 243. The van der Waals surface area contributed by atoms with Crippen molar-refractivity contribution in [1.29, 1.82) is 0 Å². The molecule has 1 aromatic heterocycles. The van der Waals surface area contributed by atoms with Gasteiger partial charge in [0.15, 0.2) is 0 Å². The monoisotopic (exact) mass is 184 g/mol. The standard InChI is InChI=1S/C9H16N2S/c1-3-5-6-7-9(10)12-8(4-2)11-7/h3-6,10H2,1-2H3. The molecule has 0 unspecified atom stereocenters. The zero-order chi connectivity index (χ0) is 8.97. The van der Waals surface area contributed by atoms with Crippen molar-refractivity contribution in [3.8, 4) is 0 Å². The van der Waals surface area contributed by atoms with E-state index >= 15 is 0 Å². The number of unbranched alkanes of at least 4 members (excludes halogenated alkanes) is 1. The number of aryl methyl sites for hydroxylation is 2. The Morgan fingerprint density at radius 3 is 2.67 bits per heavy atom. The highest BCUT2D eigenvalue weighted by molar-refractivity contribution is 7.15. The third-order valence-electron chi connectivity index (χ3n) is 1.84. The van der Waals surface area contributed by atoms with E-state index in [9.17, 15) is 0 Å². The van der Waals surface area contributed by atoms with Crippen LogP contribution in [0.5, 0.6) is 0 Å². The topological polar surface area (TPSA) is 38.9 Å². The quantitative estimate of drug-likeness (QED) is 0.781. The van der Waals surface area contributed by atoms with Crippen LogP contribution < -0.4 is 5.73 Å². The third-order valence-corrected chi connectivity index (χ3v) is 2.91. The Morgan fingerprint density at radius 1 is 1.42 bits per heavy atom. The van der Waals surface area contributed by atoms with E-state index in [0.29, 0.717) is 0 Å². The minimum Gasteiger partial charge on any atom is -0.389 e. The maximum Gasteiger partial charge on any atom is 0.109 e. The average Bonchev–Trinajstić information content (AvgIpc) is 2.43. The van der Waals surface area contributed by atoms with Crippen molar-refractivity contribution in [3.05, 3.63) is 10.7 Å². The van der Waals surface area contributed by atoms with Crippen molar-refractivity contribution in [3.63, 3.8) is 0 Å². The lowest BCUT2D eigenvalue weighted by Gasteiger charge is -1.94. The van der Waals surface area contributed by atoms with Crippen LogP contribution in [0.1, 0.15) is 37.4 Å². The summed E-state index contributed by atoms with van der Waals surface area (Å²) in [4.78, 5) is 4.46. The SMILES string of the molecule is CCCCc1nc(CC)sc1N. The minimum atomic E-state index is 0.917. The Kier molecular flexibility index (Phi) is 3.53. The molecule has 2 N–H and O–H groups in total. The second-order valence-electron chi connectivity index (χ2n) is 2.88. The van der Waals surface area contributed by atoms with E-state index in [0.717, 1.165) is 23.5 Å². The fourth-order valence-electron chi connectivity index (χ4n) is 1.09. The molecule has 1 rings (SSSR count). The molecule has 1 heterocycles. The van der Waals surface area contributed by atoms with Crippen LogP contribution in [0.2, 0.25) is 0 Å². The second kappa shape index (κ2) is 4.45. The van der Waals surface area contributed by atoms with Crippen molar-refractivity contribution in [2.45, 2.75) is 39.5 Å². The Morgan fingerprint density at radius 2 is 2.17 bits per heavy atom. The first-order chi connectivity index (χ1) is 5.77. The third kappa shape index (κ3) is 2.21. The molecule has 12 heavy (non-hydrogen) atoms. The second-order valence-corrected chi connectivity index (χ2v) is 3.99. The lowest BCUT2D eigenvalue weighted by atomic mass is 10.2. The summed E-state index contributed by atoms with van der Waals surface area (Å²) in [6, 6.07) is 0. The molecule has 0 saturated heterocycles. The molecule has 0 saturated carbocycles. The van der Waals surface area contributed by atoms with Crippen molar-refractivity contribution in [2.75, 3.05) is 5.73 Å². The summed E-state index contributed by atoms with van der Waals surface area (Å²) in [5, 5.41) is 2.08. The van der Waals surface area contributed by atoms with Gasteiger partial charge < -0.3 is 5.73 Å². The largest absolute Gasteiger partial charge is 0.389 e. The molecule has 0 amide bonds. The van der Waals surface area contributed by atoms with Crippen molar-refractivity contribution < 1.29 is 0 Å². The number of thiazole rings is 1. The number of rotatable bonds is 4. The van der Waals surface area contributed by atoms with Gasteiger partial charge in [0.25, 0.3) is 0 Å². The van der Waals surface area contributed by atoms with Gasteiger partial charge in [-0.3, -0.25) is 0 Å². The van der Waals surface area contributed by atoms with Gasteiger partial charge in [-0.2, -0.15) is 0 Å². The number of hydrogen-bond acceptors (Lipinski definition) is 3. The first-order valence-corrected chi connectivity index (χ1v) is 5.33. The number of anilines is 1. The fraction of sp³-hybridized carbons (Fsp3) is 0.667. The van der Waals surface area contributed by atoms with E-state index < -0.39 is 0 Å². The Balaban J connectivity index is 2.64. The van der Waals surface area contributed by atoms with E-state index in [2.05, 4.69) is 18.8 Å². The Labute approximate surface area is 77.8 Å². The normalized spacial score (nSPS) is 10.5. The van der Waals surface area contributed by atoms with Gasteiger partial charge in [-0.05, 0) is 19.3 Å². The summed E-state index contributed by atoms with van der Waals surface area (Å²) in [5.41, 5.74) is 6.92. The highest BCUT2D eigenvalue weighted by Gasteiger charge is 2.05. The summed E-state index contributed by atoms with van der Waals surface area (Å²) in [6.07, 6.45) is 4.44. The number of nitrogens with zero attached hydrogens (tertiary/aromatic N) is 1. The van der Waals surface area contributed by atoms with Crippen LogP contribution in [-0.2, 0) is 12.8 Å². The number of nitrogen functional groups attached to an aromatic ring is 1. The lowest BCUT2D eigenvalue weighted by molar-refractivity contribution is 0.779. The van der Waals surface area contributed by atoms with Gasteiger partial charge in [-0.1, -0.05) is 20.3 Å². The minimum absolute atomic E-state index is 0.917. The van der Waals surface area contributed by atoms with Crippen LogP contribution in [0, 0.1) is 0 Å². The smallest absolute Gasteiger partial charge is 0.109 e. The highest BCUT2D eigenvalue weighted by atomic mass is 32.1. The van der Waals surface area contributed by atoms with Crippen LogP contribution in [0.3, 0.4) is 0 Å². The molecule has 0 aliphatic carbocycles. The zero-order valence-electron chi connectivity index (χ0n) is 7.76. The van der Waals surface area contributed by atoms with Crippen molar-refractivity contribution >= 4 is 16.3 Å². The molecule has 0 bridgehead atoms. The highest BCUT2D eigenvalue weighted by Crippen LogP contribution is 2.22. The molecule has 0 aromatic carbocycles.